The number of carbonyl (C=O) groups excluding carboxylic acids is 1. The van der Waals surface area contributed by atoms with Gasteiger partial charge >= 0.3 is 0 Å². The molecule has 0 aliphatic rings. The monoisotopic (exact) mass is 337 g/mol. The van der Waals surface area contributed by atoms with Gasteiger partial charge in [0.05, 0.1) is 18.7 Å². The molecule has 2 rings (SSSR count). The molecule has 0 aromatic heterocycles. The molecule has 1 N–H and O–H groups in total. The molecular weight excluding hydrogens is 321 g/mol. The van der Waals surface area contributed by atoms with Crippen LogP contribution in [-0.2, 0) is 0 Å². The SMILES string of the molecule is COc1ccccc1OC[C@@H](C)NC(=O)c1ccc(Cl)cc1F. The van der Waals surface area contributed by atoms with Gasteiger partial charge in [-0.2, -0.15) is 0 Å². The number of hydrogen-bond donors (Lipinski definition) is 1. The van der Waals surface area contributed by atoms with Gasteiger partial charge in [-0.1, -0.05) is 23.7 Å². The second kappa shape index (κ2) is 7.83. The molecule has 0 aliphatic heterocycles. The average molecular weight is 338 g/mol. The van der Waals surface area contributed by atoms with Crippen LogP contribution in [0.1, 0.15) is 17.3 Å². The molecule has 0 fully saturated rings. The molecular formula is C17H17ClFNO3. The molecule has 0 saturated carbocycles. The Kier molecular flexibility index (Phi) is 5.82. The van der Waals surface area contributed by atoms with Crippen LogP contribution >= 0.6 is 11.6 Å². The Morgan fingerprint density at radius 2 is 1.96 bits per heavy atom. The molecule has 0 aliphatic carbocycles. The van der Waals surface area contributed by atoms with E-state index in [2.05, 4.69) is 5.32 Å². The van der Waals surface area contributed by atoms with Crippen molar-refractivity contribution in [3.8, 4) is 11.5 Å². The fraction of sp³-hybridized carbons (Fsp3) is 0.235. The minimum atomic E-state index is -0.659. The summed E-state index contributed by atoms with van der Waals surface area (Å²) >= 11 is 5.67. The largest absolute Gasteiger partial charge is 0.493 e. The fourth-order valence-corrected chi connectivity index (χ4v) is 2.13. The highest BCUT2D eigenvalue weighted by Crippen LogP contribution is 2.25. The molecule has 0 heterocycles. The smallest absolute Gasteiger partial charge is 0.254 e. The number of benzene rings is 2. The first-order valence-electron chi connectivity index (χ1n) is 7.03. The van der Waals surface area contributed by atoms with Gasteiger partial charge < -0.3 is 14.8 Å². The van der Waals surface area contributed by atoms with Crippen LogP contribution in [0.5, 0.6) is 11.5 Å². The third-order valence-corrected chi connectivity index (χ3v) is 3.35. The molecule has 23 heavy (non-hydrogen) atoms. The summed E-state index contributed by atoms with van der Waals surface area (Å²) in [6.45, 7) is 1.99. The average Bonchev–Trinajstić information content (AvgIpc) is 2.53. The molecule has 0 saturated heterocycles. The van der Waals surface area contributed by atoms with Crippen molar-refractivity contribution in [2.24, 2.45) is 0 Å². The van der Waals surface area contributed by atoms with E-state index in [0.717, 1.165) is 6.07 Å². The topological polar surface area (TPSA) is 47.6 Å². The Hall–Kier alpha value is -2.27. The normalized spacial score (nSPS) is 11.7. The molecule has 0 unspecified atom stereocenters. The predicted molar refractivity (Wildman–Crippen MR) is 86.8 cm³/mol. The van der Waals surface area contributed by atoms with Crippen LogP contribution in [0.2, 0.25) is 5.02 Å². The van der Waals surface area contributed by atoms with Crippen LogP contribution < -0.4 is 14.8 Å². The first kappa shape index (κ1) is 17.1. The Balaban J connectivity index is 1.94. The summed E-state index contributed by atoms with van der Waals surface area (Å²) in [5, 5.41) is 2.92. The van der Waals surface area contributed by atoms with Gasteiger partial charge in [-0.25, -0.2) is 4.39 Å². The molecule has 2 aromatic rings. The molecule has 0 bridgehead atoms. The predicted octanol–water partition coefficient (Wildman–Crippen LogP) is 3.69. The maximum atomic E-state index is 13.7. The van der Waals surface area contributed by atoms with Crippen molar-refractivity contribution in [2.45, 2.75) is 13.0 Å². The molecule has 2 aromatic carbocycles. The van der Waals surface area contributed by atoms with Gasteiger partial charge in [-0.3, -0.25) is 4.79 Å². The summed E-state index contributed by atoms with van der Waals surface area (Å²) in [6.07, 6.45) is 0. The van der Waals surface area contributed by atoms with Gasteiger partial charge in [0.25, 0.3) is 5.91 Å². The third kappa shape index (κ3) is 4.60. The number of methoxy groups -OCH3 is 1. The van der Waals surface area contributed by atoms with Gasteiger partial charge in [-0.05, 0) is 37.3 Å². The molecule has 1 atom stereocenters. The van der Waals surface area contributed by atoms with Crippen LogP contribution in [0.4, 0.5) is 4.39 Å². The Bertz CT molecular complexity index is 693. The Morgan fingerprint density at radius 1 is 1.26 bits per heavy atom. The Labute approximate surface area is 139 Å². The van der Waals surface area contributed by atoms with Crippen LogP contribution in [0.15, 0.2) is 42.5 Å². The van der Waals surface area contributed by atoms with Gasteiger partial charge in [0, 0.05) is 5.02 Å². The van der Waals surface area contributed by atoms with Crippen molar-refractivity contribution < 1.29 is 18.7 Å². The Morgan fingerprint density at radius 3 is 2.61 bits per heavy atom. The van der Waals surface area contributed by atoms with E-state index in [1.807, 2.05) is 12.1 Å². The van der Waals surface area contributed by atoms with E-state index in [1.54, 1.807) is 26.2 Å². The molecule has 1 amide bonds. The number of rotatable bonds is 6. The zero-order chi connectivity index (χ0) is 16.8. The van der Waals surface area contributed by atoms with Crippen molar-refractivity contribution in [2.75, 3.05) is 13.7 Å². The lowest BCUT2D eigenvalue weighted by Crippen LogP contribution is -2.37. The fourth-order valence-electron chi connectivity index (χ4n) is 1.97. The van der Waals surface area contributed by atoms with Crippen molar-refractivity contribution in [1.82, 2.24) is 5.32 Å². The molecule has 122 valence electrons. The lowest BCUT2D eigenvalue weighted by atomic mass is 10.2. The number of para-hydroxylation sites is 2. The highest BCUT2D eigenvalue weighted by atomic mass is 35.5. The summed E-state index contributed by atoms with van der Waals surface area (Å²) in [5.74, 6) is 0.00619. The van der Waals surface area contributed by atoms with E-state index in [4.69, 9.17) is 21.1 Å². The molecule has 6 heteroatoms. The zero-order valence-corrected chi connectivity index (χ0v) is 13.6. The van der Waals surface area contributed by atoms with E-state index in [0.29, 0.717) is 11.5 Å². The highest BCUT2D eigenvalue weighted by Gasteiger charge is 2.15. The molecule has 4 nitrogen and oxygen atoms in total. The quantitative estimate of drug-likeness (QED) is 0.874. The summed E-state index contributed by atoms with van der Waals surface area (Å²) in [6, 6.07) is 10.8. The summed E-state index contributed by atoms with van der Waals surface area (Å²) in [4.78, 5) is 12.0. The standard InChI is InChI=1S/C17H17ClFNO3/c1-11(10-23-16-6-4-3-5-15(16)22-2)20-17(21)13-8-7-12(18)9-14(13)19/h3-9,11H,10H2,1-2H3,(H,20,21)/t11-/m1/s1. The summed E-state index contributed by atoms with van der Waals surface area (Å²) in [7, 11) is 1.55. The lowest BCUT2D eigenvalue weighted by molar-refractivity contribution is 0.0922. The van der Waals surface area contributed by atoms with Crippen LogP contribution in [-0.4, -0.2) is 25.7 Å². The molecule has 0 radical (unpaired) electrons. The minimum absolute atomic E-state index is 0.0569. The molecule has 0 spiro atoms. The van der Waals surface area contributed by atoms with Gasteiger partial charge in [0.2, 0.25) is 0 Å². The van der Waals surface area contributed by atoms with E-state index in [1.165, 1.54) is 12.1 Å². The number of halogens is 2. The number of carbonyl (C=O) groups is 1. The third-order valence-electron chi connectivity index (χ3n) is 3.11. The van der Waals surface area contributed by atoms with E-state index in [9.17, 15) is 9.18 Å². The van der Waals surface area contributed by atoms with Crippen molar-refractivity contribution in [1.29, 1.82) is 0 Å². The van der Waals surface area contributed by atoms with Crippen LogP contribution in [0.3, 0.4) is 0 Å². The summed E-state index contributed by atoms with van der Waals surface area (Å²) in [5.41, 5.74) is -0.0569. The van der Waals surface area contributed by atoms with E-state index >= 15 is 0 Å². The number of ether oxygens (including phenoxy) is 2. The number of hydrogen-bond acceptors (Lipinski definition) is 3. The number of nitrogens with one attached hydrogen (secondary N) is 1. The maximum absolute atomic E-state index is 13.7. The maximum Gasteiger partial charge on any atom is 0.254 e. The first-order chi connectivity index (χ1) is 11.0. The van der Waals surface area contributed by atoms with Crippen LogP contribution in [0, 0.1) is 5.82 Å². The van der Waals surface area contributed by atoms with Crippen molar-refractivity contribution in [3.63, 3.8) is 0 Å². The van der Waals surface area contributed by atoms with Crippen LogP contribution in [0.25, 0.3) is 0 Å². The van der Waals surface area contributed by atoms with E-state index < -0.39 is 11.7 Å². The van der Waals surface area contributed by atoms with Gasteiger partial charge in [-0.15, -0.1) is 0 Å². The summed E-state index contributed by atoms with van der Waals surface area (Å²) < 4.78 is 24.5. The zero-order valence-electron chi connectivity index (χ0n) is 12.8. The van der Waals surface area contributed by atoms with E-state index in [-0.39, 0.29) is 23.2 Å². The van der Waals surface area contributed by atoms with Gasteiger partial charge in [0.15, 0.2) is 11.5 Å². The second-order valence-electron chi connectivity index (χ2n) is 4.96. The second-order valence-corrected chi connectivity index (χ2v) is 5.40. The first-order valence-corrected chi connectivity index (χ1v) is 7.40. The van der Waals surface area contributed by atoms with Crippen molar-refractivity contribution in [3.05, 3.63) is 58.9 Å². The minimum Gasteiger partial charge on any atom is -0.493 e. The number of amides is 1. The van der Waals surface area contributed by atoms with Crippen molar-refractivity contribution >= 4 is 17.5 Å². The highest BCUT2D eigenvalue weighted by molar-refractivity contribution is 6.30. The van der Waals surface area contributed by atoms with Gasteiger partial charge in [0.1, 0.15) is 12.4 Å². The lowest BCUT2D eigenvalue weighted by Gasteiger charge is -2.16.